The quantitative estimate of drug-likeness (QED) is 0.741. The van der Waals surface area contributed by atoms with Gasteiger partial charge in [-0.25, -0.2) is 0 Å². The van der Waals surface area contributed by atoms with Gasteiger partial charge < -0.3 is 15.2 Å². The van der Waals surface area contributed by atoms with Crippen LogP contribution in [0.3, 0.4) is 0 Å². The molecular formula is C15H14Br2ClNO2. The number of hydrogen-bond donors (Lipinski definition) is 1. The summed E-state index contributed by atoms with van der Waals surface area (Å²) >= 11 is 13.0. The second-order valence-corrected chi connectivity index (χ2v) is 6.58. The highest BCUT2D eigenvalue weighted by molar-refractivity contribution is 9.10. The third-order valence-corrected chi connectivity index (χ3v) is 4.41. The van der Waals surface area contributed by atoms with E-state index in [9.17, 15) is 0 Å². The van der Waals surface area contributed by atoms with Crippen molar-refractivity contribution < 1.29 is 9.47 Å². The van der Waals surface area contributed by atoms with Gasteiger partial charge in [0, 0.05) is 20.6 Å². The zero-order valence-electron chi connectivity index (χ0n) is 11.5. The van der Waals surface area contributed by atoms with Crippen LogP contribution in [0, 0.1) is 0 Å². The van der Waals surface area contributed by atoms with E-state index >= 15 is 0 Å². The van der Waals surface area contributed by atoms with Crippen LogP contribution in [0.2, 0.25) is 5.02 Å². The van der Waals surface area contributed by atoms with E-state index in [0.29, 0.717) is 16.5 Å². The van der Waals surface area contributed by atoms with Crippen molar-refractivity contribution in [1.29, 1.82) is 0 Å². The van der Waals surface area contributed by atoms with Crippen molar-refractivity contribution in [1.82, 2.24) is 0 Å². The Morgan fingerprint density at radius 1 is 1.05 bits per heavy atom. The minimum absolute atomic E-state index is 0.419. The fourth-order valence-corrected chi connectivity index (χ4v) is 3.47. The summed E-state index contributed by atoms with van der Waals surface area (Å²) in [6.45, 7) is 0. The molecule has 2 aromatic rings. The van der Waals surface area contributed by atoms with Crippen LogP contribution >= 0.6 is 43.5 Å². The Hall–Kier alpha value is -0.750. The monoisotopic (exact) mass is 433 g/mol. The summed E-state index contributed by atoms with van der Waals surface area (Å²) in [5, 5.41) is 0.587. The molecule has 0 saturated heterocycles. The Morgan fingerprint density at radius 3 is 2.38 bits per heavy atom. The van der Waals surface area contributed by atoms with Gasteiger partial charge in [-0.15, -0.1) is 0 Å². The van der Waals surface area contributed by atoms with E-state index in [0.717, 1.165) is 20.1 Å². The number of benzene rings is 2. The summed E-state index contributed by atoms with van der Waals surface area (Å²) < 4.78 is 12.5. The topological polar surface area (TPSA) is 44.5 Å². The van der Waals surface area contributed by atoms with Gasteiger partial charge in [0.15, 0.2) is 0 Å². The molecule has 0 aliphatic rings. The van der Waals surface area contributed by atoms with Crippen LogP contribution in [-0.4, -0.2) is 14.2 Å². The molecule has 112 valence electrons. The molecule has 0 bridgehead atoms. The van der Waals surface area contributed by atoms with Gasteiger partial charge in [0.05, 0.1) is 24.7 Å². The summed E-state index contributed by atoms with van der Waals surface area (Å²) in [7, 11) is 3.21. The molecule has 0 fully saturated rings. The van der Waals surface area contributed by atoms with E-state index in [1.54, 1.807) is 26.4 Å². The number of rotatable bonds is 4. The summed E-state index contributed by atoms with van der Waals surface area (Å²) in [4.78, 5) is 0. The fourth-order valence-electron chi connectivity index (χ4n) is 2.14. The van der Waals surface area contributed by atoms with E-state index in [1.807, 2.05) is 18.2 Å². The average molecular weight is 436 g/mol. The molecule has 6 heteroatoms. The summed E-state index contributed by atoms with van der Waals surface area (Å²) in [6.07, 6.45) is 0. The standard InChI is InChI=1S/C15H14Br2ClNO2/c1-20-13-5-8(16)3-4-10(13)14(19)11-6-9(18)7-12(17)15(11)21-2/h3-7,14H,19H2,1-2H3. The van der Waals surface area contributed by atoms with E-state index < -0.39 is 6.04 Å². The van der Waals surface area contributed by atoms with Crippen LogP contribution in [0.4, 0.5) is 0 Å². The first-order chi connectivity index (χ1) is 9.97. The van der Waals surface area contributed by atoms with Crippen molar-refractivity contribution in [3.05, 3.63) is 55.4 Å². The Kier molecular flexibility index (Phi) is 5.54. The highest BCUT2D eigenvalue weighted by Gasteiger charge is 2.20. The van der Waals surface area contributed by atoms with Crippen LogP contribution in [-0.2, 0) is 0 Å². The molecule has 1 atom stereocenters. The normalized spacial score (nSPS) is 12.1. The van der Waals surface area contributed by atoms with Gasteiger partial charge in [0.1, 0.15) is 11.5 Å². The van der Waals surface area contributed by atoms with Gasteiger partial charge in [-0.05, 0) is 40.2 Å². The van der Waals surface area contributed by atoms with E-state index in [2.05, 4.69) is 31.9 Å². The third kappa shape index (κ3) is 3.54. The Labute approximate surface area is 145 Å². The number of hydrogen-bond acceptors (Lipinski definition) is 3. The predicted molar refractivity (Wildman–Crippen MR) is 92.4 cm³/mol. The van der Waals surface area contributed by atoms with Gasteiger partial charge in [0.2, 0.25) is 0 Å². The number of methoxy groups -OCH3 is 2. The molecule has 2 rings (SSSR count). The van der Waals surface area contributed by atoms with Crippen LogP contribution in [0.5, 0.6) is 11.5 Å². The van der Waals surface area contributed by atoms with Crippen molar-refractivity contribution in [2.75, 3.05) is 14.2 Å². The van der Waals surface area contributed by atoms with Gasteiger partial charge in [-0.3, -0.25) is 0 Å². The summed E-state index contributed by atoms with van der Waals surface area (Å²) in [5.74, 6) is 1.37. The summed E-state index contributed by atoms with van der Waals surface area (Å²) in [5.41, 5.74) is 8.05. The first-order valence-electron chi connectivity index (χ1n) is 6.10. The Morgan fingerprint density at radius 2 is 1.76 bits per heavy atom. The highest BCUT2D eigenvalue weighted by Crippen LogP contribution is 2.39. The molecule has 0 heterocycles. The third-order valence-electron chi connectivity index (χ3n) is 3.11. The van der Waals surface area contributed by atoms with Crippen molar-refractivity contribution >= 4 is 43.5 Å². The second kappa shape index (κ2) is 7.01. The minimum Gasteiger partial charge on any atom is -0.496 e. The van der Waals surface area contributed by atoms with E-state index in [4.69, 9.17) is 26.8 Å². The maximum absolute atomic E-state index is 6.40. The van der Waals surface area contributed by atoms with E-state index in [-0.39, 0.29) is 0 Å². The molecule has 3 nitrogen and oxygen atoms in total. The molecule has 2 aromatic carbocycles. The van der Waals surface area contributed by atoms with Crippen molar-refractivity contribution in [2.45, 2.75) is 6.04 Å². The Bertz CT molecular complexity index is 664. The van der Waals surface area contributed by atoms with Crippen LogP contribution in [0.1, 0.15) is 17.2 Å². The lowest BCUT2D eigenvalue weighted by molar-refractivity contribution is 0.398. The predicted octanol–water partition coefficient (Wildman–Crippen LogP) is 4.93. The van der Waals surface area contributed by atoms with E-state index in [1.165, 1.54) is 0 Å². The lowest BCUT2D eigenvalue weighted by Gasteiger charge is -2.20. The smallest absolute Gasteiger partial charge is 0.138 e. The molecular weight excluding hydrogens is 421 g/mol. The number of halogens is 3. The second-order valence-electron chi connectivity index (χ2n) is 4.37. The highest BCUT2D eigenvalue weighted by atomic mass is 79.9. The molecule has 0 spiro atoms. The molecule has 0 saturated carbocycles. The van der Waals surface area contributed by atoms with Crippen LogP contribution in [0.25, 0.3) is 0 Å². The van der Waals surface area contributed by atoms with Gasteiger partial charge in [0.25, 0.3) is 0 Å². The minimum atomic E-state index is -0.419. The van der Waals surface area contributed by atoms with Crippen molar-refractivity contribution in [3.8, 4) is 11.5 Å². The Balaban J connectivity index is 2.57. The molecule has 21 heavy (non-hydrogen) atoms. The number of ether oxygens (including phenoxy) is 2. The molecule has 0 aliphatic carbocycles. The lowest BCUT2D eigenvalue weighted by atomic mass is 9.98. The first-order valence-corrected chi connectivity index (χ1v) is 8.06. The zero-order valence-corrected chi connectivity index (χ0v) is 15.4. The lowest BCUT2D eigenvalue weighted by Crippen LogP contribution is -2.14. The summed E-state index contributed by atoms with van der Waals surface area (Å²) in [6, 6.07) is 8.87. The van der Waals surface area contributed by atoms with Crippen molar-refractivity contribution in [3.63, 3.8) is 0 Å². The van der Waals surface area contributed by atoms with Crippen LogP contribution in [0.15, 0.2) is 39.3 Å². The van der Waals surface area contributed by atoms with Crippen LogP contribution < -0.4 is 15.2 Å². The van der Waals surface area contributed by atoms with Gasteiger partial charge >= 0.3 is 0 Å². The molecule has 0 radical (unpaired) electrons. The number of nitrogens with two attached hydrogens (primary N) is 1. The average Bonchev–Trinajstić information content (AvgIpc) is 2.45. The zero-order chi connectivity index (χ0) is 15.6. The van der Waals surface area contributed by atoms with Gasteiger partial charge in [-0.2, -0.15) is 0 Å². The molecule has 0 aliphatic heterocycles. The molecule has 0 aromatic heterocycles. The largest absolute Gasteiger partial charge is 0.496 e. The molecule has 1 unspecified atom stereocenters. The molecule has 0 amide bonds. The SMILES string of the molecule is COc1cc(Br)ccc1C(N)c1cc(Cl)cc(Br)c1OC. The fraction of sp³-hybridized carbons (Fsp3) is 0.200. The maximum atomic E-state index is 6.40. The van der Waals surface area contributed by atoms with Gasteiger partial charge in [-0.1, -0.05) is 33.6 Å². The molecule has 2 N–H and O–H groups in total. The maximum Gasteiger partial charge on any atom is 0.138 e. The first kappa shape index (κ1) is 16.6. The van der Waals surface area contributed by atoms with Crippen molar-refractivity contribution in [2.24, 2.45) is 5.73 Å².